The second-order valence-electron chi connectivity index (χ2n) is 2.65. The highest BCUT2D eigenvalue weighted by Crippen LogP contribution is 2.10. The number of hydrogen-bond donors (Lipinski definition) is 0. The fourth-order valence-corrected chi connectivity index (χ4v) is 1.16. The highest BCUT2D eigenvalue weighted by Gasteiger charge is 2.06. The molecule has 2 heterocycles. The number of imidazole rings is 1. The molecule has 0 amide bonds. The zero-order valence-electron chi connectivity index (χ0n) is 7.11. The van der Waals surface area contributed by atoms with E-state index in [2.05, 4.69) is 9.97 Å². The summed E-state index contributed by atoms with van der Waals surface area (Å²) < 4.78 is 14.8. The van der Waals surface area contributed by atoms with Gasteiger partial charge in [0, 0.05) is 18.6 Å². The predicted molar refractivity (Wildman–Crippen MR) is 46.1 cm³/mol. The van der Waals surface area contributed by atoms with Crippen molar-refractivity contribution < 1.29 is 4.39 Å². The van der Waals surface area contributed by atoms with Gasteiger partial charge in [-0.05, 0) is 19.1 Å². The van der Waals surface area contributed by atoms with Gasteiger partial charge in [-0.1, -0.05) is 0 Å². The third-order valence-corrected chi connectivity index (χ3v) is 1.79. The first-order valence-electron chi connectivity index (χ1n) is 3.90. The van der Waals surface area contributed by atoms with Gasteiger partial charge < -0.3 is 0 Å². The number of halogens is 1. The highest BCUT2D eigenvalue weighted by molar-refractivity contribution is 5.25. The van der Waals surface area contributed by atoms with Gasteiger partial charge in [0.15, 0.2) is 11.6 Å². The molecule has 13 heavy (non-hydrogen) atoms. The molecule has 0 radical (unpaired) electrons. The summed E-state index contributed by atoms with van der Waals surface area (Å²) in [5.74, 6) is 0.665. The van der Waals surface area contributed by atoms with Crippen molar-refractivity contribution >= 4 is 0 Å². The Morgan fingerprint density at radius 1 is 1.31 bits per heavy atom. The van der Waals surface area contributed by atoms with Gasteiger partial charge in [0.05, 0.1) is 0 Å². The standard InChI is InChI=1S/C9H8FN3/c1-7-11-5-6-13(7)9-8(10)3-2-4-12-9/h2-6H,1H3. The number of aromatic nitrogens is 3. The maximum absolute atomic E-state index is 13.2. The molecule has 0 N–H and O–H groups in total. The van der Waals surface area contributed by atoms with E-state index in [4.69, 9.17) is 0 Å². The van der Waals surface area contributed by atoms with Crippen molar-refractivity contribution in [1.29, 1.82) is 0 Å². The molecule has 0 saturated heterocycles. The van der Waals surface area contributed by atoms with E-state index in [1.807, 2.05) is 0 Å². The predicted octanol–water partition coefficient (Wildman–Crippen LogP) is 1.71. The van der Waals surface area contributed by atoms with Crippen molar-refractivity contribution in [1.82, 2.24) is 14.5 Å². The minimum atomic E-state index is -0.344. The van der Waals surface area contributed by atoms with Gasteiger partial charge in [-0.15, -0.1) is 0 Å². The van der Waals surface area contributed by atoms with Crippen molar-refractivity contribution in [2.75, 3.05) is 0 Å². The van der Waals surface area contributed by atoms with Crippen LogP contribution in [0.4, 0.5) is 4.39 Å². The van der Waals surface area contributed by atoms with E-state index >= 15 is 0 Å². The topological polar surface area (TPSA) is 30.7 Å². The largest absolute Gasteiger partial charge is 0.286 e. The molecule has 0 spiro atoms. The van der Waals surface area contributed by atoms with E-state index < -0.39 is 0 Å². The van der Waals surface area contributed by atoms with Crippen molar-refractivity contribution in [3.63, 3.8) is 0 Å². The van der Waals surface area contributed by atoms with Crippen LogP contribution in [0.15, 0.2) is 30.7 Å². The normalized spacial score (nSPS) is 10.3. The average molecular weight is 177 g/mol. The molecule has 0 aromatic carbocycles. The maximum atomic E-state index is 13.2. The van der Waals surface area contributed by atoms with Gasteiger partial charge >= 0.3 is 0 Å². The van der Waals surface area contributed by atoms with Crippen LogP contribution in [0.2, 0.25) is 0 Å². The summed E-state index contributed by atoms with van der Waals surface area (Å²) in [5, 5.41) is 0. The van der Waals surface area contributed by atoms with Crippen molar-refractivity contribution in [2.45, 2.75) is 6.92 Å². The third kappa shape index (κ3) is 1.30. The molecule has 0 atom stereocenters. The number of rotatable bonds is 1. The zero-order chi connectivity index (χ0) is 9.26. The maximum Gasteiger partial charge on any atom is 0.174 e. The summed E-state index contributed by atoms with van der Waals surface area (Å²) in [6.07, 6.45) is 4.85. The second kappa shape index (κ2) is 2.97. The van der Waals surface area contributed by atoms with Crippen LogP contribution in [-0.4, -0.2) is 14.5 Å². The zero-order valence-corrected chi connectivity index (χ0v) is 7.11. The summed E-state index contributed by atoms with van der Waals surface area (Å²) >= 11 is 0. The summed E-state index contributed by atoms with van der Waals surface area (Å²) in [6, 6.07) is 2.94. The fraction of sp³-hybridized carbons (Fsp3) is 0.111. The SMILES string of the molecule is Cc1nccn1-c1ncccc1F. The lowest BCUT2D eigenvalue weighted by Crippen LogP contribution is -2.01. The summed E-state index contributed by atoms with van der Waals surface area (Å²) in [7, 11) is 0. The molecule has 0 bridgehead atoms. The third-order valence-electron chi connectivity index (χ3n) is 1.79. The van der Waals surface area contributed by atoms with E-state index in [0.717, 1.165) is 5.82 Å². The molecule has 4 heteroatoms. The van der Waals surface area contributed by atoms with Gasteiger partial charge in [0.2, 0.25) is 0 Å². The van der Waals surface area contributed by atoms with E-state index in [-0.39, 0.29) is 11.6 Å². The molecule has 0 aliphatic carbocycles. The minimum absolute atomic E-state index is 0.289. The quantitative estimate of drug-likeness (QED) is 0.664. The van der Waals surface area contributed by atoms with E-state index in [9.17, 15) is 4.39 Å². The lowest BCUT2D eigenvalue weighted by Gasteiger charge is -2.03. The number of nitrogens with zero attached hydrogens (tertiary/aromatic N) is 3. The highest BCUT2D eigenvalue weighted by atomic mass is 19.1. The molecule has 2 aromatic heterocycles. The molecular formula is C9H8FN3. The first kappa shape index (κ1) is 7.91. The van der Waals surface area contributed by atoms with Crippen LogP contribution in [0.1, 0.15) is 5.82 Å². The smallest absolute Gasteiger partial charge is 0.174 e. The number of pyridine rings is 1. The van der Waals surface area contributed by atoms with Crippen LogP contribution in [0.3, 0.4) is 0 Å². The molecule has 0 aliphatic rings. The van der Waals surface area contributed by atoms with E-state index in [1.54, 1.807) is 36.1 Å². The monoisotopic (exact) mass is 177 g/mol. The molecule has 3 nitrogen and oxygen atoms in total. The molecule has 2 rings (SSSR count). The first-order chi connectivity index (χ1) is 6.29. The van der Waals surface area contributed by atoms with E-state index in [0.29, 0.717) is 0 Å². The Hall–Kier alpha value is -1.71. The van der Waals surface area contributed by atoms with Crippen LogP contribution < -0.4 is 0 Å². The molecule has 0 aliphatic heterocycles. The Labute approximate surface area is 74.9 Å². The Morgan fingerprint density at radius 3 is 2.77 bits per heavy atom. The lowest BCUT2D eigenvalue weighted by molar-refractivity contribution is 0.607. The fourth-order valence-electron chi connectivity index (χ4n) is 1.16. The van der Waals surface area contributed by atoms with Crippen molar-refractivity contribution in [2.24, 2.45) is 0 Å². The molecule has 0 unspecified atom stereocenters. The summed E-state index contributed by atoms with van der Waals surface area (Å²) in [5.41, 5.74) is 0. The van der Waals surface area contributed by atoms with Crippen LogP contribution in [-0.2, 0) is 0 Å². The molecular weight excluding hydrogens is 169 g/mol. The Balaban J connectivity index is 2.59. The average Bonchev–Trinajstić information content (AvgIpc) is 2.52. The van der Waals surface area contributed by atoms with Gasteiger partial charge in [-0.3, -0.25) is 4.57 Å². The summed E-state index contributed by atoms with van der Waals surface area (Å²) in [4.78, 5) is 7.92. The van der Waals surface area contributed by atoms with Crippen molar-refractivity contribution in [3.05, 3.63) is 42.4 Å². The second-order valence-corrected chi connectivity index (χ2v) is 2.65. The Bertz CT molecular complexity index is 422. The van der Waals surface area contributed by atoms with E-state index in [1.165, 1.54) is 6.07 Å². The Kier molecular flexibility index (Phi) is 1.81. The molecule has 0 saturated carbocycles. The number of hydrogen-bond acceptors (Lipinski definition) is 2. The minimum Gasteiger partial charge on any atom is -0.286 e. The number of aryl methyl sites for hydroxylation is 1. The first-order valence-corrected chi connectivity index (χ1v) is 3.90. The van der Waals surface area contributed by atoms with Crippen LogP contribution in [0, 0.1) is 12.7 Å². The molecule has 0 fully saturated rings. The van der Waals surface area contributed by atoms with Gasteiger partial charge in [0.25, 0.3) is 0 Å². The van der Waals surface area contributed by atoms with Gasteiger partial charge in [0.1, 0.15) is 5.82 Å². The van der Waals surface area contributed by atoms with Crippen molar-refractivity contribution in [3.8, 4) is 5.82 Å². The Morgan fingerprint density at radius 2 is 2.15 bits per heavy atom. The molecule has 66 valence electrons. The summed E-state index contributed by atoms with van der Waals surface area (Å²) in [6.45, 7) is 1.80. The van der Waals surface area contributed by atoms with Crippen LogP contribution in [0.5, 0.6) is 0 Å². The van der Waals surface area contributed by atoms with Gasteiger partial charge in [-0.25, -0.2) is 14.4 Å². The van der Waals surface area contributed by atoms with Crippen LogP contribution >= 0.6 is 0 Å². The lowest BCUT2D eigenvalue weighted by atomic mass is 10.4. The van der Waals surface area contributed by atoms with Crippen LogP contribution in [0.25, 0.3) is 5.82 Å². The molecule has 2 aromatic rings. The van der Waals surface area contributed by atoms with Gasteiger partial charge in [-0.2, -0.15) is 0 Å².